The minimum Gasteiger partial charge on any atom is -0.376 e. The van der Waals surface area contributed by atoms with Gasteiger partial charge in [0.1, 0.15) is 0 Å². The molecule has 19 heavy (non-hydrogen) atoms. The Kier molecular flexibility index (Phi) is 4.80. The summed E-state index contributed by atoms with van der Waals surface area (Å²) in [5.74, 6) is -0.00331. The number of hydrogen-bond donors (Lipinski definition) is 1. The van der Waals surface area contributed by atoms with Crippen molar-refractivity contribution in [2.75, 3.05) is 25.0 Å². The van der Waals surface area contributed by atoms with E-state index in [0.717, 1.165) is 18.8 Å². The fourth-order valence-electron chi connectivity index (χ4n) is 2.14. The van der Waals surface area contributed by atoms with Gasteiger partial charge in [-0.25, -0.2) is 0 Å². The van der Waals surface area contributed by atoms with Crippen LogP contribution in [0, 0.1) is 0 Å². The predicted molar refractivity (Wildman–Crippen MR) is 76.5 cm³/mol. The van der Waals surface area contributed by atoms with E-state index in [-0.39, 0.29) is 18.1 Å². The number of halogens is 1. The molecular weight excluding hydrogens is 264 g/mol. The van der Waals surface area contributed by atoms with Gasteiger partial charge in [-0.1, -0.05) is 11.6 Å². The molecule has 1 fully saturated rings. The second-order valence-electron chi connectivity index (χ2n) is 4.85. The van der Waals surface area contributed by atoms with E-state index >= 15 is 0 Å². The van der Waals surface area contributed by atoms with Crippen molar-refractivity contribution in [1.29, 1.82) is 0 Å². The van der Waals surface area contributed by atoms with Gasteiger partial charge in [0.05, 0.1) is 18.8 Å². The summed E-state index contributed by atoms with van der Waals surface area (Å²) in [7, 11) is 0. The zero-order valence-corrected chi connectivity index (χ0v) is 12.0. The summed E-state index contributed by atoms with van der Waals surface area (Å²) in [6.07, 6.45) is 0.180. The van der Waals surface area contributed by atoms with Crippen LogP contribution in [0.5, 0.6) is 0 Å². The quantitative estimate of drug-likeness (QED) is 0.925. The van der Waals surface area contributed by atoms with Crippen LogP contribution in [0.1, 0.15) is 13.8 Å². The third-order valence-corrected chi connectivity index (χ3v) is 3.56. The van der Waals surface area contributed by atoms with Gasteiger partial charge in [-0.2, -0.15) is 0 Å². The Labute approximate surface area is 118 Å². The van der Waals surface area contributed by atoms with Gasteiger partial charge in [0.2, 0.25) is 5.91 Å². The highest BCUT2D eigenvalue weighted by molar-refractivity contribution is 6.30. The van der Waals surface area contributed by atoms with Crippen LogP contribution in [0.2, 0.25) is 5.02 Å². The van der Waals surface area contributed by atoms with Crippen molar-refractivity contribution < 1.29 is 9.53 Å². The molecule has 104 valence electrons. The molecule has 1 saturated heterocycles. The average molecular weight is 283 g/mol. The molecule has 0 unspecified atom stereocenters. The number of nitrogens with one attached hydrogen (secondary N) is 1. The lowest BCUT2D eigenvalue weighted by Crippen LogP contribution is -2.50. The molecule has 1 N–H and O–H groups in total. The number of benzene rings is 1. The second-order valence-corrected chi connectivity index (χ2v) is 5.28. The smallest absolute Gasteiger partial charge is 0.241 e. The first-order valence-corrected chi connectivity index (χ1v) is 6.86. The van der Waals surface area contributed by atoms with Crippen molar-refractivity contribution in [2.45, 2.75) is 26.0 Å². The van der Waals surface area contributed by atoms with Crippen molar-refractivity contribution in [3.05, 3.63) is 29.3 Å². The number of ether oxygens (including phenoxy) is 1. The number of nitrogens with zero attached hydrogens (tertiary/aromatic N) is 1. The number of anilines is 1. The Balaban J connectivity index is 1.93. The fraction of sp³-hybridized carbons (Fsp3) is 0.500. The van der Waals surface area contributed by atoms with Gasteiger partial charge in [0.15, 0.2) is 0 Å². The average Bonchev–Trinajstić information content (AvgIpc) is 2.40. The summed E-state index contributed by atoms with van der Waals surface area (Å²) in [4.78, 5) is 14.3. The number of rotatable bonds is 3. The summed E-state index contributed by atoms with van der Waals surface area (Å²) in [5.41, 5.74) is 0.766. The van der Waals surface area contributed by atoms with E-state index in [4.69, 9.17) is 16.3 Å². The van der Waals surface area contributed by atoms with Gasteiger partial charge in [0.25, 0.3) is 0 Å². The molecule has 2 rings (SSSR count). The van der Waals surface area contributed by atoms with E-state index in [9.17, 15) is 4.79 Å². The lowest BCUT2D eigenvalue weighted by atomic mass is 10.2. The van der Waals surface area contributed by atoms with Crippen molar-refractivity contribution in [1.82, 2.24) is 4.90 Å². The van der Waals surface area contributed by atoms with Gasteiger partial charge >= 0.3 is 0 Å². The predicted octanol–water partition coefficient (Wildman–Crippen LogP) is 2.39. The third-order valence-electron chi connectivity index (χ3n) is 3.31. The van der Waals surface area contributed by atoms with E-state index in [1.54, 1.807) is 24.3 Å². The Morgan fingerprint density at radius 2 is 2.16 bits per heavy atom. The van der Waals surface area contributed by atoms with Crippen LogP contribution in [0.4, 0.5) is 5.69 Å². The molecule has 1 aliphatic rings. The fourth-order valence-corrected chi connectivity index (χ4v) is 2.27. The van der Waals surface area contributed by atoms with Crippen LogP contribution < -0.4 is 5.32 Å². The molecule has 0 aliphatic carbocycles. The van der Waals surface area contributed by atoms with Crippen LogP contribution in [-0.2, 0) is 9.53 Å². The lowest BCUT2D eigenvalue weighted by Gasteiger charge is -2.34. The highest BCUT2D eigenvalue weighted by atomic mass is 35.5. The lowest BCUT2D eigenvalue weighted by molar-refractivity contribution is -0.123. The largest absolute Gasteiger partial charge is 0.376 e. The number of carbonyl (C=O) groups is 1. The molecule has 1 aliphatic heterocycles. The maximum absolute atomic E-state index is 12.2. The number of hydrogen-bond acceptors (Lipinski definition) is 3. The monoisotopic (exact) mass is 282 g/mol. The van der Waals surface area contributed by atoms with Crippen LogP contribution in [-0.4, -0.2) is 42.6 Å². The molecule has 0 aromatic heterocycles. The van der Waals surface area contributed by atoms with Crippen molar-refractivity contribution in [2.24, 2.45) is 0 Å². The van der Waals surface area contributed by atoms with Gasteiger partial charge in [0, 0.05) is 23.8 Å². The maximum atomic E-state index is 12.2. The molecule has 1 heterocycles. The maximum Gasteiger partial charge on any atom is 0.241 e. The van der Waals surface area contributed by atoms with Crippen LogP contribution in [0.25, 0.3) is 0 Å². The summed E-state index contributed by atoms with van der Waals surface area (Å²) < 4.78 is 5.48. The Bertz CT molecular complexity index is 436. The SMILES string of the molecule is C[C@@H]1CN([C@H](C)C(=O)Nc2ccc(Cl)cc2)CCO1. The molecule has 0 spiro atoms. The topological polar surface area (TPSA) is 41.6 Å². The van der Waals surface area contributed by atoms with Crippen molar-refractivity contribution in [3.8, 4) is 0 Å². The molecule has 0 bridgehead atoms. The second kappa shape index (κ2) is 6.37. The Morgan fingerprint density at radius 1 is 1.47 bits per heavy atom. The van der Waals surface area contributed by atoms with Crippen molar-refractivity contribution in [3.63, 3.8) is 0 Å². The minimum absolute atomic E-state index is 0.00331. The molecular formula is C14H19ClN2O2. The molecule has 0 radical (unpaired) electrons. The first-order valence-electron chi connectivity index (χ1n) is 6.48. The molecule has 1 aromatic rings. The standard InChI is InChI=1S/C14H19ClN2O2/c1-10-9-17(7-8-19-10)11(2)14(18)16-13-5-3-12(15)4-6-13/h3-6,10-11H,7-9H2,1-2H3,(H,16,18)/t10-,11-/m1/s1. The molecule has 1 amide bonds. The van der Waals surface area contributed by atoms with E-state index < -0.39 is 0 Å². The molecule has 4 nitrogen and oxygen atoms in total. The summed E-state index contributed by atoms with van der Waals surface area (Å²) in [6, 6.07) is 6.96. The number of morpholine rings is 1. The number of amides is 1. The summed E-state index contributed by atoms with van der Waals surface area (Å²) >= 11 is 5.81. The third kappa shape index (κ3) is 3.93. The highest BCUT2D eigenvalue weighted by Gasteiger charge is 2.25. The van der Waals surface area contributed by atoms with Crippen molar-refractivity contribution >= 4 is 23.2 Å². The normalized spacial score (nSPS) is 21.9. The Hall–Kier alpha value is -1.10. The van der Waals surface area contributed by atoms with E-state index in [2.05, 4.69) is 10.2 Å². The van der Waals surface area contributed by atoms with Crippen LogP contribution >= 0.6 is 11.6 Å². The van der Waals surface area contributed by atoms with E-state index in [1.807, 2.05) is 13.8 Å². The van der Waals surface area contributed by atoms with Gasteiger partial charge in [-0.15, -0.1) is 0 Å². The van der Waals surface area contributed by atoms with Gasteiger partial charge in [-0.3, -0.25) is 9.69 Å². The number of carbonyl (C=O) groups excluding carboxylic acids is 1. The zero-order valence-electron chi connectivity index (χ0n) is 11.2. The van der Waals surface area contributed by atoms with E-state index in [1.165, 1.54) is 0 Å². The molecule has 2 atom stereocenters. The zero-order chi connectivity index (χ0) is 13.8. The van der Waals surface area contributed by atoms with Gasteiger partial charge in [-0.05, 0) is 38.1 Å². The highest BCUT2D eigenvalue weighted by Crippen LogP contribution is 2.15. The van der Waals surface area contributed by atoms with Gasteiger partial charge < -0.3 is 10.1 Å². The Morgan fingerprint density at radius 3 is 2.79 bits per heavy atom. The first kappa shape index (κ1) is 14.3. The molecule has 1 aromatic carbocycles. The first-order chi connectivity index (χ1) is 9.06. The molecule has 0 saturated carbocycles. The summed E-state index contributed by atoms with van der Waals surface area (Å²) in [6.45, 7) is 6.20. The van der Waals surface area contributed by atoms with Crippen LogP contribution in [0.3, 0.4) is 0 Å². The summed E-state index contributed by atoms with van der Waals surface area (Å²) in [5, 5.41) is 3.56. The minimum atomic E-state index is -0.165. The molecule has 5 heteroatoms. The van der Waals surface area contributed by atoms with Crippen LogP contribution in [0.15, 0.2) is 24.3 Å². The van der Waals surface area contributed by atoms with E-state index in [0.29, 0.717) is 11.6 Å².